The Bertz CT molecular complexity index is 3170. The van der Waals surface area contributed by atoms with Gasteiger partial charge in [0.25, 0.3) is 0 Å². The number of hydrogen-bond donors (Lipinski definition) is 0. The molecule has 0 bridgehead atoms. The van der Waals surface area contributed by atoms with Crippen LogP contribution in [0.5, 0.6) is 0 Å². The second kappa shape index (κ2) is 11.9. The molecule has 11 rings (SSSR count). The molecule has 2 nitrogen and oxygen atoms in total. The van der Waals surface area contributed by atoms with Gasteiger partial charge in [-0.05, 0) is 111 Å². The maximum absolute atomic E-state index is 6.75. The maximum atomic E-state index is 6.75. The van der Waals surface area contributed by atoms with E-state index in [4.69, 9.17) is 4.42 Å². The summed E-state index contributed by atoms with van der Waals surface area (Å²) in [6.45, 7) is 0. The van der Waals surface area contributed by atoms with E-state index in [0.717, 1.165) is 39.0 Å². The van der Waals surface area contributed by atoms with Crippen molar-refractivity contribution >= 4 is 92.1 Å². The smallest absolute Gasteiger partial charge is 0.144 e. The summed E-state index contributed by atoms with van der Waals surface area (Å²) in [5, 5.41) is 9.60. The number of rotatable bonds is 5. The largest absolute Gasteiger partial charge is 0.455 e. The van der Waals surface area contributed by atoms with E-state index in [1.165, 1.54) is 64.0 Å². The molecule has 0 aliphatic rings. The van der Waals surface area contributed by atoms with Gasteiger partial charge in [-0.15, -0.1) is 11.3 Å². The Morgan fingerprint density at radius 2 is 1.06 bits per heavy atom. The standard InChI is InChI=1S/C50H31NOS/c1-2-10-32(11-3-1)35-16-8-17-39(28-35)51(38-22-20-34(21-23-38)42-19-9-15-33-12-6-7-18-41(33)42)40-24-26-47-45(31-40)49-48(53-47)27-25-43-44-29-36-13-4-5-14-37(36)30-46(44)52-50(43)49/h1-31H. The quantitative estimate of drug-likeness (QED) is 0.178. The van der Waals surface area contributed by atoms with Crippen LogP contribution in [0.15, 0.2) is 192 Å². The van der Waals surface area contributed by atoms with Gasteiger partial charge in [0, 0.05) is 48.0 Å². The molecule has 53 heavy (non-hydrogen) atoms. The lowest BCUT2D eigenvalue weighted by Crippen LogP contribution is -2.10. The maximum Gasteiger partial charge on any atom is 0.144 e. The van der Waals surface area contributed by atoms with E-state index in [-0.39, 0.29) is 0 Å². The number of anilines is 3. The monoisotopic (exact) mass is 693 g/mol. The average molecular weight is 694 g/mol. The van der Waals surface area contributed by atoms with Crippen LogP contribution < -0.4 is 4.90 Å². The fraction of sp³-hybridized carbons (Fsp3) is 0. The van der Waals surface area contributed by atoms with Gasteiger partial charge in [-0.25, -0.2) is 0 Å². The highest BCUT2D eigenvalue weighted by Crippen LogP contribution is 2.46. The molecule has 9 aromatic carbocycles. The van der Waals surface area contributed by atoms with Gasteiger partial charge in [0.05, 0.1) is 0 Å². The Labute approximate surface area is 310 Å². The van der Waals surface area contributed by atoms with Crippen molar-refractivity contribution in [2.24, 2.45) is 0 Å². The van der Waals surface area contributed by atoms with Crippen LogP contribution in [0.1, 0.15) is 0 Å². The molecule has 0 atom stereocenters. The molecular weight excluding hydrogens is 663 g/mol. The van der Waals surface area contributed by atoms with E-state index < -0.39 is 0 Å². The van der Waals surface area contributed by atoms with Gasteiger partial charge in [0.15, 0.2) is 0 Å². The molecule has 0 spiro atoms. The Balaban J connectivity index is 1.11. The van der Waals surface area contributed by atoms with Crippen LogP contribution in [0.25, 0.3) is 85.9 Å². The molecule has 0 aliphatic carbocycles. The van der Waals surface area contributed by atoms with Gasteiger partial charge in [-0.3, -0.25) is 0 Å². The molecule has 0 fully saturated rings. The lowest BCUT2D eigenvalue weighted by atomic mass is 9.98. The first-order valence-electron chi connectivity index (χ1n) is 18.0. The fourth-order valence-corrected chi connectivity index (χ4v) is 9.16. The summed E-state index contributed by atoms with van der Waals surface area (Å²) >= 11 is 1.82. The van der Waals surface area contributed by atoms with E-state index >= 15 is 0 Å². The van der Waals surface area contributed by atoms with E-state index in [1.807, 2.05) is 11.3 Å². The number of nitrogens with zero attached hydrogens (tertiary/aromatic N) is 1. The first-order chi connectivity index (χ1) is 26.2. The van der Waals surface area contributed by atoms with Crippen LogP contribution >= 0.6 is 11.3 Å². The lowest BCUT2D eigenvalue weighted by molar-refractivity contribution is 0.673. The summed E-state index contributed by atoms with van der Waals surface area (Å²) in [7, 11) is 0. The molecule has 0 N–H and O–H groups in total. The number of furan rings is 1. The van der Waals surface area contributed by atoms with Crippen LogP contribution in [0, 0.1) is 0 Å². The Kier molecular flexibility index (Phi) is 6.76. The highest BCUT2D eigenvalue weighted by Gasteiger charge is 2.19. The van der Waals surface area contributed by atoms with Crippen LogP contribution in [0.4, 0.5) is 17.1 Å². The van der Waals surface area contributed by atoms with Crippen molar-refractivity contribution in [1.82, 2.24) is 0 Å². The molecule has 0 radical (unpaired) electrons. The van der Waals surface area contributed by atoms with E-state index in [9.17, 15) is 0 Å². The van der Waals surface area contributed by atoms with Crippen molar-refractivity contribution in [2.75, 3.05) is 4.90 Å². The Morgan fingerprint density at radius 1 is 0.377 bits per heavy atom. The molecule has 0 saturated heterocycles. The fourth-order valence-electron chi connectivity index (χ4n) is 8.08. The highest BCUT2D eigenvalue weighted by molar-refractivity contribution is 7.26. The van der Waals surface area contributed by atoms with Gasteiger partial charge in [-0.1, -0.05) is 121 Å². The van der Waals surface area contributed by atoms with Crippen molar-refractivity contribution in [3.05, 3.63) is 188 Å². The molecule has 2 aromatic heterocycles. The predicted molar refractivity (Wildman–Crippen MR) is 227 cm³/mol. The van der Waals surface area contributed by atoms with Crippen LogP contribution in [0.2, 0.25) is 0 Å². The SMILES string of the molecule is c1ccc(-c2cccc(N(c3ccc(-c4cccc5ccccc45)cc3)c3ccc4sc5ccc6c7cc8ccccc8cc7oc6c5c4c3)c2)cc1. The predicted octanol–water partition coefficient (Wildman–Crippen LogP) is 15.1. The first kappa shape index (κ1) is 30.0. The molecule has 248 valence electrons. The normalized spacial score (nSPS) is 11.8. The van der Waals surface area contributed by atoms with Crippen LogP contribution in [-0.2, 0) is 0 Å². The Hall–Kier alpha value is -6.68. The minimum atomic E-state index is 0.923. The summed E-state index contributed by atoms with van der Waals surface area (Å²) in [6, 6.07) is 68.0. The van der Waals surface area contributed by atoms with E-state index in [2.05, 4.69) is 193 Å². The van der Waals surface area contributed by atoms with Gasteiger partial charge in [-0.2, -0.15) is 0 Å². The number of thiophene rings is 1. The summed E-state index contributed by atoms with van der Waals surface area (Å²) in [5.41, 5.74) is 9.98. The summed E-state index contributed by atoms with van der Waals surface area (Å²) in [4.78, 5) is 2.38. The molecular formula is C50H31NOS. The number of fused-ring (bicyclic) bond motifs is 9. The number of hydrogen-bond acceptors (Lipinski definition) is 3. The third-order valence-electron chi connectivity index (χ3n) is 10.6. The zero-order chi connectivity index (χ0) is 34.9. The highest BCUT2D eigenvalue weighted by atomic mass is 32.1. The first-order valence-corrected chi connectivity index (χ1v) is 18.8. The molecule has 0 amide bonds. The molecule has 2 heterocycles. The summed E-state index contributed by atoms with van der Waals surface area (Å²) in [5.74, 6) is 0. The van der Waals surface area contributed by atoms with Crippen LogP contribution in [0.3, 0.4) is 0 Å². The number of benzene rings is 9. The van der Waals surface area contributed by atoms with Gasteiger partial charge < -0.3 is 9.32 Å². The third-order valence-corrected chi connectivity index (χ3v) is 11.8. The minimum absolute atomic E-state index is 0.923. The second-order valence-electron chi connectivity index (χ2n) is 13.7. The van der Waals surface area contributed by atoms with Gasteiger partial charge in [0.1, 0.15) is 11.2 Å². The molecule has 3 heteroatoms. The van der Waals surface area contributed by atoms with E-state index in [1.54, 1.807) is 0 Å². The van der Waals surface area contributed by atoms with Gasteiger partial charge >= 0.3 is 0 Å². The molecule has 0 aliphatic heterocycles. The van der Waals surface area contributed by atoms with Gasteiger partial charge in [0.2, 0.25) is 0 Å². The van der Waals surface area contributed by atoms with Crippen LogP contribution in [-0.4, -0.2) is 0 Å². The van der Waals surface area contributed by atoms with Crippen molar-refractivity contribution in [3.8, 4) is 22.3 Å². The summed E-state index contributed by atoms with van der Waals surface area (Å²) in [6.07, 6.45) is 0. The third kappa shape index (κ3) is 4.93. The van der Waals surface area contributed by atoms with Crippen molar-refractivity contribution in [2.45, 2.75) is 0 Å². The zero-order valence-electron chi connectivity index (χ0n) is 28.7. The van der Waals surface area contributed by atoms with Crippen molar-refractivity contribution in [3.63, 3.8) is 0 Å². The zero-order valence-corrected chi connectivity index (χ0v) is 29.5. The van der Waals surface area contributed by atoms with Crippen molar-refractivity contribution < 1.29 is 4.42 Å². The topological polar surface area (TPSA) is 16.4 Å². The molecule has 11 aromatic rings. The average Bonchev–Trinajstić information content (AvgIpc) is 3.78. The van der Waals surface area contributed by atoms with E-state index in [0.29, 0.717) is 0 Å². The molecule has 0 unspecified atom stereocenters. The molecule has 0 saturated carbocycles. The lowest BCUT2D eigenvalue weighted by Gasteiger charge is -2.26. The Morgan fingerprint density at radius 3 is 1.92 bits per heavy atom. The minimum Gasteiger partial charge on any atom is -0.455 e. The van der Waals surface area contributed by atoms with Crippen molar-refractivity contribution in [1.29, 1.82) is 0 Å². The second-order valence-corrected chi connectivity index (χ2v) is 14.8. The summed E-state index contributed by atoms with van der Waals surface area (Å²) < 4.78 is 9.22.